The summed E-state index contributed by atoms with van der Waals surface area (Å²) in [4.78, 5) is 0. The first-order valence-electron chi connectivity index (χ1n) is 4.37. The number of halogens is 1. The van der Waals surface area contributed by atoms with E-state index in [4.69, 9.17) is 16.7 Å². The van der Waals surface area contributed by atoms with Crippen molar-refractivity contribution in [2.24, 2.45) is 0 Å². The molecule has 0 fully saturated rings. The lowest BCUT2D eigenvalue weighted by atomic mass is 10.2. The zero-order valence-corrected chi connectivity index (χ0v) is 8.22. The SMILES string of the molecule is Oc1cccc(CNCCCCl)c1. The van der Waals surface area contributed by atoms with Crippen LogP contribution in [0.2, 0.25) is 0 Å². The Morgan fingerprint density at radius 1 is 1.38 bits per heavy atom. The van der Waals surface area contributed by atoms with Crippen molar-refractivity contribution in [3.63, 3.8) is 0 Å². The van der Waals surface area contributed by atoms with Crippen LogP contribution < -0.4 is 5.32 Å². The number of phenols is 1. The number of rotatable bonds is 5. The van der Waals surface area contributed by atoms with Crippen LogP contribution in [0.4, 0.5) is 0 Å². The van der Waals surface area contributed by atoms with E-state index in [0.29, 0.717) is 11.6 Å². The summed E-state index contributed by atoms with van der Waals surface area (Å²) in [5, 5.41) is 12.4. The lowest BCUT2D eigenvalue weighted by Gasteiger charge is -2.03. The fourth-order valence-electron chi connectivity index (χ4n) is 1.09. The van der Waals surface area contributed by atoms with Crippen molar-refractivity contribution < 1.29 is 5.11 Å². The van der Waals surface area contributed by atoms with E-state index in [-0.39, 0.29) is 0 Å². The van der Waals surface area contributed by atoms with Gasteiger partial charge in [0.1, 0.15) is 5.75 Å². The van der Waals surface area contributed by atoms with Gasteiger partial charge in [-0.25, -0.2) is 0 Å². The Bertz CT molecular complexity index is 252. The molecule has 0 aliphatic rings. The average molecular weight is 200 g/mol. The van der Waals surface area contributed by atoms with Crippen LogP contribution in [0.15, 0.2) is 24.3 Å². The minimum absolute atomic E-state index is 0.316. The van der Waals surface area contributed by atoms with E-state index in [1.165, 1.54) is 0 Å². The predicted molar refractivity (Wildman–Crippen MR) is 55.2 cm³/mol. The summed E-state index contributed by atoms with van der Waals surface area (Å²) in [6, 6.07) is 7.25. The highest BCUT2D eigenvalue weighted by atomic mass is 35.5. The van der Waals surface area contributed by atoms with Crippen LogP contribution in [0.5, 0.6) is 5.75 Å². The van der Waals surface area contributed by atoms with Gasteiger partial charge < -0.3 is 10.4 Å². The standard InChI is InChI=1S/C10H14ClNO/c11-5-2-6-12-8-9-3-1-4-10(13)7-9/h1,3-4,7,12-13H,2,5-6,8H2. The van der Waals surface area contributed by atoms with E-state index in [0.717, 1.165) is 25.1 Å². The Morgan fingerprint density at radius 2 is 2.23 bits per heavy atom. The van der Waals surface area contributed by atoms with Crippen molar-refractivity contribution in [1.29, 1.82) is 0 Å². The molecule has 0 unspecified atom stereocenters. The van der Waals surface area contributed by atoms with Crippen molar-refractivity contribution in [1.82, 2.24) is 5.32 Å². The van der Waals surface area contributed by atoms with E-state index in [9.17, 15) is 0 Å². The molecular formula is C10H14ClNO. The van der Waals surface area contributed by atoms with Gasteiger partial charge in [0.05, 0.1) is 0 Å². The molecule has 0 aliphatic heterocycles. The summed E-state index contributed by atoms with van der Waals surface area (Å²) in [5.74, 6) is 1.00. The Balaban J connectivity index is 2.28. The van der Waals surface area contributed by atoms with Crippen LogP contribution in [-0.2, 0) is 6.54 Å². The molecule has 13 heavy (non-hydrogen) atoms. The summed E-state index contributed by atoms with van der Waals surface area (Å²) in [6.45, 7) is 1.70. The molecule has 0 saturated carbocycles. The van der Waals surface area contributed by atoms with E-state index >= 15 is 0 Å². The maximum Gasteiger partial charge on any atom is 0.115 e. The van der Waals surface area contributed by atoms with Crippen molar-refractivity contribution in [2.45, 2.75) is 13.0 Å². The smallest absolute Gasteiger partial charge is 0.115 e. The van der Waals surface area contributed by atoms with Crippen molar-refractivity contribution in [3.05, 3.63) is 29.8 Å². The van der Waals surface area contributed by atoms with Crippen LogP contribution in [0.25, 0.3) is 0 Å². The van der Waals surface area contributed by atoms with Crippen LogP contribution in [0.1, 0.15) is 12.0 Å². The zero-order chi connectivity index (χ0) is 9.52. The van der Waals surface area contributed by atoms with Crippen molar-refractivity contribution in [2.75, 3.05) is 12.4 Å². The highest BCUT2D eigenvalue weighted by Gasteiger charge is 1.93. The van der Waals surface area contributed by atoms with E-state index in [1.54, 1.807) is 12.1 Å². The van der Waals surface area contributed by atoms with E-state index in [2.05, 4.69) is 5.32 Å². The predicted octanol–water partition coefficient (Wildman–Crippen LogP) is 2.11. The third kappa shape index (κ3) is 4.15. The molecule has 0 saturated heterocycles. The molecule has 3 heteroatoms. The Morgan fingerprint density at radius 3 is 2.92 bits per heavy atom. The Hall–Kier alpha value is -0.730. The fraction of sp³-hybridized carbons (Fsp3) is 0.400. The molecule has 0 amide bonds. The Labute approximate surface area is 83.5 Å². The number of alkyl halides is 1. The number of phenolic OH excluding ortho intramolecular Hbond substituents is 1. The van der Waals surface area contributed by atoms with Crippen molar-refractivity contribution >= 4 is 11.6 Å². The van der Waals surface area contributed by atoms with Crippen LogP contribution in [0.3, 0.4) is 0 Å². The summed E-state index contributed by atoms with van der Waals surface area (Å²) in [7, 11) is 0. The van der Waals surface area contributed by atoms with E-state index in [1.807, 2.05) is 12.1 Å². The minimum Gasteiger partial charge on any atom is -0.508 e. The molecule has 0 heterocycles. The normalized spacial score (nSPS) is 10.2. The molecule has 0 aromatic heterocycles. The minimum atomic E-state index is 0.316. The first-order valence-corrected chi connectivity index (χ1v) is 4.91. The molecular weight excluding hydrogens is 186 g/mol. The van der Waals surface area contributed by atoms with Gasteiger partial charge in [-0.2, -0.15) is 0 Å². The van der Waals surface area contributed by atoms with Crippen LogP contribution in [-0.4, -0.2) is 17.5 Å². The van der Waals surface area contributed by atoms with Gasteiger partial charge in [0.15, 0.2) is 0 Å². The molecule has 0 bridgehead atoms. The molecule has 1 aromatic rings. The topological polar surface area (TPSA) is 32.3 Å². The molecule has 1 rings (SSSR count). The van der Waals surface area contributed by atoms with E-state index < -0.39 is 0 Å². The third-order valence-electron chi connectivity index (χ3n) is 1.73. The summed E-state index contributed by atoms with van der Waals surface area (Å²) in [5.41, 5.74) is 1.09. The summed E-state index contributed by atoms with van der Waals surface area (Å²) >= 11 is 5.53. The van der Waals surface area contributed by atoms with Gasteiger partial charge in [0.25, 0.3) is 0 Å². The van der Waals surface area contributed by atoms with Gasteiger partial charge in [-0.05, 0) is 30.7 Å². The van der Waals surface area contributed by atoms with Gasteiger partial charge >= 0.3 is 0 Å². The first kappa shape index (κ1) is 10.4. The number of nitrogens with one attached hydrogen (secondary N) is 1. The summed E-state index contributed by atoms with van der Waals surface area (Å²) in [6.07, 6.45) is 0.973. The monoisotopic (exact) mass is 199 g/mol. The highest BCUT2D eigenvalue weighted by Crippen LogP contribution is 2.10. The molecule has 0 radical (unpaired) electrons. The first-order chi connectivity index (χ1) is 6.33. The van der Waals surface area contributed by atoms with Gasteiger partial charge in [0.2, 0.25) is 0 Å². The van der Waals surface area contributed by atoms with Gasteiger partial charge in [-0.15, -0.1) is 11.6 Å². The molecule has 1 aromatic carbocycles. The van der Waals surface area contributed by atoms with Crippen molar-refractivity contribution in [3.8, 4) is 5.75 Å². The fourth-order valence-corrected chi connectivity index (χ4v) is 1.22. The number of hydrogen-bond donors (Lipinski definition) is 2. The lowest BCUT2D eigenvalue weighted by molar-refractivity contribution is 0.474. The highest BCUT2D eigenvalue weighted by molar-refractivity contribution is 6.17. The lowest BCUT2D eigenvalue weighted by Crippen LogP contribution is -2.14. The molecule has 72 valence electrons. The number of aromatic hydroxyl groups is 1. The second kappa shape index (κ2) is 5.84. The maximum absolute atomic E-state index is 9.17. The van der Waals surface area contributed by atoms with Crippen LogP contribution in [0, 0.1) is 0 Å². The second-order valence-electron chi connectivity index (χ2n) is 2.89. The average Bonchev–Trinajstić information content (AvgIpc) is 2.13. The maximum atomic E-state index is 9.17. The van der Waals surface area contributed by atoms with Gasteiger partial charge in [0, 0.05) is 12.4 Å². The van der Waals surface area contributed by atoms with Crippen LogP contribution >= 0.6 is 11.6 Å². The number of hydrogen-bond acceptors (Lipinski definition) is 2. The van der Waals surface area contributed by atoms with Gasteiger partial charge in [-0.1, -0.05) is 12.1 Å². The molecule has 0 spiro atoms. The quantitative estimate of drug-likeness (QED) is 0.563. The zero-order valence-electron chi connectivity index (χ0n) is 7.46. The third-order valence-corrected chi connectivity index (χ3v) is 1.99. The summed E-state index contributed by atoms with van der Waals surface area (Å²) < 4.78 is 0. The molecule has 2 N–H and O–H groups in total. The van der Waals surface area contributed by atoms with Gasteiger partial charge in [-0.3, -0.25) is 0 Å². The second-order valence-corrected chi connectivity index (χ2v) is 3.27. The molecule has 0 aliphatic carbocycles. The molecule has 2 nitrogen and oxygen atoms in total. The Kier molecular flexibility index (Phi) is 4.65. The largest absolute Gasteiger partial charge is 0.508 e. The molecule has 0 atom stereocenters. The number of benzene rings is 1.